The molecule has 0 aliphatic carbocycles. The molecule has 1 aliphatic rings. The Morgan fingerprint density at radius 2 is 2.00 bits per heavy atom. The van der Waals surface area contributed by atoms with Crippen LogP contribution in [-0.2, 0) is 6.54 Å². The van der Waals surface area contributed by atoms with E-state index in [1.165, 1.54) is 48.9 Å². The molecule has 0 atom stereocenters. The smallest absolute Gasteiger partial charge is 0.0202 e. The van der Waals surface area contributed by atoms with E-state index in [2.05, 4.69) is 46.4 Å². The first-order chi connectivity index (χ1) is 9.28. The van der Waals surface area contributed by atoms with Crippen LogP contribution in [0.25, 0.3) is 0 Å². The van der Waals surface area contributed by atoms with E-state index in [1.807, 2.05) is 18.8 Å². The van der Waals surface area contributed by atoms with Crippen molar-refractivity contribution in [3.05, 3.63) is 29.8 Å². The quantitative estimate of drug-likeness (QED) is 0.799. The summed E-state index contributed by atoms with van der Waals surface area (Å²) in [4.78, 5) is 6.37. The molecule has 0 aromatic heterocycles. The van der Waals surface area contributed by atoms with Crippen molar-refractivity contribution in [2.45, 2.75) is 11.4 Å². The van der Waals surface area contributed by atoms with E-state index in [0.717, 1.165) is 6.54 Å². The van der Waals surface area contributed by atoms with E-state index < -0.39 is 0 Å². The topological polar surface area (TPSA) is 18.5 Å². The third-order valence-corrected chi connectivity index (χ3v) is 4.53. The first-order valence-corrected chi connectivity index (χ1v) is 8.04. The lowest BCUT2D eigenvalue weighted by atomic mass is 10.2. The number of rotatable bonds is 6. The van der Waals surface area contributed by atoms with Gasteiger partial charge in [-0.15, -0.1) is 11.8 Å². The molecule has 19 heavy (non-hydrogen) atoms. The maximum Gasteiger partial charge on any atom is 0.0202 e. The third-order valence-electron chi connectivity index (χ3n) is 3.55. The molecule has 1 saturated heterocycles. The second-order valence-corrected chi connectivity index (χ2v) is 6.34. The summed E-state index contributed by atoms with van der Waals surface area (Å²) in [7, 11) is 4.20. The molecule has 0 bridgehead atoms. The Hall–Kier alpha value is -0.550. The maximum absolute atomic E-state index is 3.20. The van der Waals surface area contributed by atoms with Gasteiger partial charge >= 0.3 is 0 Å². The van der Waals surface area contributed by atoms with Crippen LogP contribution in [0.1, 0.15) is 5.56 Å². The molecule has 1 heterocycles. The summed E-state index contributed by atoms with van der Waals surface area (Å²) in [5.74, 6) is 1.19. The number of nitrogens with zero attached hydrogens (tertiary/aromatic N) is 2. The van der Waals surface area contributed by atoms with Gasteiger partial charge in [0.2, 0.25) is 0 Å². The zero-order valence-corrected chi connectivity index (χ0v) is 12.9. The monoisotopic (exact) mass is 279 g/mol. The summed E-state index contributed by atoms with van der Waals surface area (Å²) in [6.45, 7) is 7.01. The van der Waals surface area contributed by atoms with Crippen molar-refractivity contribution >= 4 is 11.8 Å². The van der Waals surface area contributed by atoms with E-state index >= 15 is 0 Å². The molecular formula is C15H25N3S. The Morgan fingerprint density at radius 3 is 2.74 bits per heavy atom. The predicted molar refractivity (Wildman–Crippen MR) is 83.9 cm³/mol. The van der Waals surface area contributed by atoms with Crippen LogP contribution >= 0.6 is 11.8 Å². The summed E-state index contributed by atoms with van der Waals surface area (Å²) in [6.07, 6.45) is 0. The van der Waals surface area contributed by atoms with Crippen LogP contribution in [0.15, 0.2) is 29.2 Å². The number of hydrogen-bond acceptors (Lipinski definition) is 4. The van der Waals surface area contributed by atoms with E-state index in [1.54, 1.807) is 0 Å². The molecule has 0 saturated carbocycles. The fourth-order valence-electron chi connectivity index (χ4n) is 2.31. The molecule has 0 radical (unpaired) electrons. The number of nitrogens with one attached hydrogen (secondary N) is 1. The highest BCUT2D eigenvalue weighted by molar-refractivity contribution is 7.99. The fraction of sp³-hybridized carbons (Fsp3) is 0.600. The molecule has 1 fully saturated rings. The van der Waals surface area contributed by atoms with Gasteiger partial charge < -0.3 is 10.2 Å². The molecule has 1 aromatic carbocycles. The van der Waals surface area contributed by atoms with Gasteiger partial charge in [-0.3, -0.25) is 4.90 Å². The van der Waals surface area contributed by atoms with Crippen molar-refractivity contribution in [2.75, 3.05) is 52.6 Å². The van der Waals surface area contributed by atoms with Crippen LogP contribution in [0.5, 0.6) is 0 Å². The number of benzene rings is 1. The Balaban J connectivity index is 1.71. The van der Waals surface area contributed by atoms with Crippen molar-refractivity contribution < 1.29 is 0 Å². The lowest BCUT2D eigenvalue weighted by Crippen LogP contribution is -2.45. The number of hydrogen-bond donors (Lipinski definition) is 1. The van der Waals surface area contributed by atoms with Crippen molar-refractivity contribution in [3.63, 3.8) is 0 Å². The highest BCUT2D eigenvalue weighted by atomic mass is 32.2. The third kappa shape index (κ3) is 5.15. The van der Waals surface area contributed by atoms with Crippen molar-refractivity contribution in [2.24, 2.45) is 0 Å². The Labute approximate surface area is 121 Å². The summed E-state index contributed by atoms with van der Waals surface area (Å²) in [6, 6.07) is 8.85. The first kappa shape index (κ1) is 14.9. The molecular weight excluding hydrogens is 254 g/mol. The minimum absolute atomic E-state index is 0.951. The molecule has 0 unspecified atom stereocenters. The summed E-state index contributed by atoms with van der Waals surface area (Å²) in [5, 5.41) is 3.20. The van der Waals surface area contributed by atoms with Gasteiger partial charge in [0.25, 0.3) is 0 Å². The van der Waals surface area contributed by atoms with Gasteiger partial charge in [-0.05, 0) is 31.8 Å². The van der Waals surface area contributed by atoms with Crippen molar-refractivity contribution in [1.29, 1.82) is 0 Å². The highest BCUT2D eigenvalue weighted by Crippen LogP contribution is 2.19. The van der Waals surface area contributed by atoms with Crippen LogP contribution in [0, 0.1) is 0 Å². The highest BCUT2D eigenvalue weighted by Gasteiger charge is 2.12. The van der Waals surface area contributed by atoms with Gasteiger partial charge in [0, 0.05) is 49.9 Å². The number of likely N-dealkylation sites (N-methyl/N-ethyl adjacent to an activating group) is 1. The molecule has 0 amide bonds. The lowest BCUT2D eigenvalue weighted by molar-refractivity contribution is 0.161. The molecule has 1 N–H and O–H groups in total. The SMILES string of the molecule is CNCc1cccc(SCCN2CCN(C)CC2)c1. The van der Waals surface area contributed by atoms with E-state index in [-0.39, 0.29) is 0 Å². The number of piperazine rings is 1. The van der Waals surface area contributed by atoms with Crippen LogP contribution in [0.2, 0.25) is 0 Å². The molecule has 0 spiro atoms. The normalized spacial score (nSPS) is 17.8. The van der Waals surface area contributed by atoms with Gasteiger partial charge in [-0.1, -0.05) is 12.1 Å². The fourth-order valence-corrected chi connectivity index (χ4v) is 3.31. The minimum Gasteiger partial charge on any atom is -0.316 e. The maximum atomic E-state index is 3.20. The largest absolute Gasteiger partial charge is 0.316 e. The summed E-state index contributed by atoms with van der Waals surface area (Å²) in [5.41, 5.74) is 1.37. The second-order valence-electron chi connectivity index (χ2n) is 5.17. The number of thioether (sulfide) groups is 1. The van der Waals surface area contributed by atoms with Gasteiger partial charge in [0.1, 0.15) is 0 Å². The Kier molecular flexibility index (Phi) is 6.17. The average Bonchev–Trinajstić information content (AvgIpc) is 2.42. The zero-order valence-electron chi connectivity index (χ0n) is 12.1. The van der Waals surface area contributed by atoms with Gasteiger partial charge in [0.15, 0.2) is 0 Å². The molecule has 106 valence electrons. The van der Waals surface area contributed by atoms with Gasteiger partial charge in [-0.2, -0.15) is 0 Å². The standard InChI is InChI=1S/C15H25N3S/c1-16-13-14-4-3-5-15(12-14)19-11-10-18-8-6-17(2)7-9-18/h3-5,12,16H,6-11,13H2,1-2H3. The first-order valence-electron chi connectivity index (χ1n) is 7.05. The van der Waals surface area contributed by atoms with E-state index in [0.29, 0.717) is 0 Å². The molecule has 3 nitrogen and oxygen atoms in total. The average molecular weight is 279 g/mol. The Bertz CT molecular complexity index is 375. The zero-order chi connectivity index (χ0) is 13.5. The summed E-state index contributed by atoms with van der Waals surface area (Å²) >= 11 is 1.97. The molecule has 2 rings (SSSR count). The van der Waals surface area contributed by atoms with E-state index in [4.69, 9.17) is 0 Å². The van der Waals surface area contributed by atoms with Crippen LogP contribution in [0.3, 0.4) is 0 Å². The second kappa shape index (κ2) is 7.90. The van der Waals surface area contributed by atoms with E-state index in [9.17, 15) is 0 Å². The molecule has 1 aromatic rings. The van der Waals surface area contributed by atoms with Gasteiger partial charge in [0.05, 0.1) is 0 Å². The molecule has 1 aliphatic heterocycles. The lowest BCUT2D eigenvalue weighted by Gasteiger charge is -2.32. The predicted octanol–water partition coefficient (Wildman–Crippen LogP) is 1.75. The van der Waals surface area contributed by atoms with Gasteiger partial charge in [-0.25, -0.2) is 0 Å². The van der Waals surface area contributed by atoms with Crippen molar-refractivity contribution in [1.82, 2.24) is 15.1 Å². The van der Waals surface area contributed by atoms with Crippen LogP contribution < -0.4 is 5.32 Å². The summed E-state index contributed by atoms with van der Waals surface area (Å²) < 4.78 is 0. The molecule has 4 heteroatoms. The Morgan fingerprint density at radius 1 is 1.21 bits per heavy atom. The van der Waals surface area contributed by atoms with Crippen molar-refractivity contribution in [3.8, 4) is 0 Å². The van der Waals surface area contributed by atoms with Crippen LogP contribution in [0.4, 0.5) is 0 Å². The van der Waals surface area contributed by atoms with Crippen LogP contribution in [-0.4, -0.2) is 62.4 Å². The minimum atomic E-state index is 0.951.